The maximum atomic E-state index is 3.63. The summed E-state index contributed by atoms with van der Waals surface area (Å²) in [6, 6.07) is 3.16. The number of nitrogens with one attached hydrogen (secondary N) is 1. The van der Waals surface area contributed by atoms with Crippen LogP contribution in [0.15, 0.2) is 16.8 Å². The predicted octanol–water partition coefficient (Wildman–Crippen LogP) is 3.49. The number of hydrogen-bond donors (Lipinski definition) is 1. The summed E-state index contributed by atoms with van der Waals surface area (Å²) in [5, 5.41) is 8.14. The van der Waals surface area contributed by atoms with Gasteiger partial charge in [0.2, 0.25) is 0 Å². The Balaban J connectivity index is 1.66. The fourth-order valence-corrected chi connectivity index (χ4v) is 4.04. The first kappa shape index (κ1) is 13.6. The molecule has 0 spiro atoms. The Hall–Kier alpha value is -0.380. The molecule has 1 saturated carbocycles. The first-order valence-corrected chi connectivity index (χ1v) is 8.71. The van der Waals surface area contributed by atoms with E-state index < -0.39 is 0 Å². The molecule has 1 N–H and O–H groups in total. The summed E-state index contributed by atoms with van der Waals surface area (Å²) in [5.41, 5.74) is 2.03. The molecule has 3 rings (SSSR count). The second-order valence-corrected chi connectivity index (χ2v) is 7.18. The van der Waals surface area contributed by atoms with Gasteiger partial charge in [-0.2, -0.15) is 11.3 Å². The Morgan fingerprint density at radius 3 is 2.95 bits per heavy atom. The van der Waals surface area contributed by atoms with Gasteiger partial charge in [0, 0.05) is 25.7 Å². The van der Waals surface area contributed by atoms with Crippen molar-refractivity contribution >= 4 is 11.3 Å². The third-order valence-corrected chi connectivity index (χ3v) is 5.61. The van der Waals surface area contributed by atoms with Crippen molar-refractivity contribution in [2.24, 2.45) is 5.41 Å². The minimum atomic E-state index is 0.525. The third kappa shape index (κ3) is 3.39. The Morgan fingerprint density at radius 2 is 2.37 bits per heavy atom. The molecule has 1 aromatic rings. The number of thiophene rings is 1. The lowest BCUT2D eigenvalue weighted by molar-refractivity contribution is 0.101. The first-order chi connectivity index (χ1) is 9.31. The first-order valence-electron chi connectivity index (χ1n) is 7.77. The van der Waals surface area contributed by atoms with Crippen molar-refractivity contribution in [2.75, 3.05) is 19.6 Å². The average Bonchev–Trinajstić information content (AvgIpc) is 3.18. The van der Waals surface area contributed by atoms with Gasteiger partial charge in [0.1, 0.15) is 0 Å². The smallest absolute Gasteiger partial charge is 0.0245 e. The van der Waals surface area contributed by atoms with E-state index in [1.54, 1.807) is 0 Å². The Bertz CT molecular complexity index is 377. The average molecular weight is 278 g/mol. The standard InChI is InChI=1S/C16H26N2S/c1-2-16(7-3-8-17-12-16)13-18(15-4-5-15)10-14-6-9-19-11-14/h6,9,11,15,17H,2-5,7-8,10,12-13H2,1H3. The van der Waals surface area contributed by atoms with Gasteiger partial charge >= 0.3 is 0 Å². The van der Waals surface area contributed by atoms with Gasteiger partial charge in [-0.15, -0.1) is 0 Å². The molecule has 2 nitrogen and oxygen atoms in total. The van der Waals surface area contributed by atoms with Gasteiger partial charge in [-0.3, -0.25) is 4.90 Å². The molecule has 1 unspecified atom stereocenters. The van der Waals surface area contributed by atoms with Crippen molar-refractivity contribution in [3.63, 3.8) is 0 Å². The maximum Gasteiger partial charge on any atom is 0.0245 e. The van der Waals surface area contributed by atoms with Crippen molar-refractivity contribution in [2.45, 2.75) is 51.6 Å². The number of hydrogen-bond acceptors (Lipinski definition) is 3. The SMILES string of the molecule is CCC1(CN(Cc2ccsc2)C2CC2)CCCNC1. The molecule has 0 aromatic carbocycles. The van der Waals surface area contributed by atoms with Crippen LogP contribution in [0.25, 0.3) is 0 Å². The Morgan fingerprint density at radius 1 is 1.47 bits per heavy atom. The third-order valence-electron chi connectivity index (χ3n) is 4.88. The monoisotopic (exact) mass is 278 g/mol. The van der Waals surface area contributed by atoms with Crippen molar-refractivity contribution in [1.82, 2.24) is 10.2 Å². The second kappa shape index (κ2) is 5.94. The van der Waals surface area contributed by atoms with Crippen LogP contribution in [0.5, 0.6) is 0 Å². The molecule has 106 valence electrons. The van der Waals surface area contributed by atoms with Gasteiger partial charge in [0.05, 0.1) is 0 Å². The summed E-state index contributed by atoms with van der Waals surface area (Å²) in [5.74, 6) is 0. The Labute approximate surface area is 121 Å². The van der Waals surface area contributed by atoms with Crippen LogP contribution in [0.1, 0.15) is 44.6 Å². The molecule has 3 heteroatoms. The molecule has 1 saturated heterocycles. The highest BCUT2D eigenvalue weighted by Crippen LogP contribution is 2.36. The quantitative estimate of drug-likeness (QED) is 0.857. The van der Waals surface area contributed by atoms with Crippen LogP contribution in [0, 0.1) is 5.41 Å². The maximum absolute atomic E-state index is 3.63. The van der Waals surface area contributed by atoms with Gasteiger partial charge in [-0.05, 0) is 66.5 Å². The summed E-state index contributed by atoms with van der Waals surface area (Å²) in [4.78, 5) is 2.76. The highest BCUT2D eigenvalue weighted by molar-refractivity contribution is 7.07. The molecular weight excluding hydrogens is 252 g/mol. The molecule has 1 atom stereocenters. The van der Waals surface area contributed by atoms with Gasteiger partial charge in [-0.1, -0.05) is 6.92 Å². The summed E-state index contributed by atoms with van der Waals surface area (Å²) >= 11 is 1.83. The summed E-state index contributed by atoms with van der Waals surface area (Å²) < 4.78 is 0. The summed E-state index contributed by atoms with van der Waals surface area (Å²) in [6.45, 7) is 7.27. The minimum Gasteiger partial charge on any atom is -0.316 e. The van der Waals surface area contributed by atoms with E-state index in [4.69, 9.17) is 0 Å². The van der Waals surface area contributed by atoms with E-state index in [0.717, 1.165) is 12.6 Å². The number of rotatable bonds is 6. The molecule has 2 aliphatic rings. The van der Waals surface area contributed by atoms with E-state index in [2.05, 4.69) is 34.0 Å². The normalized spacial score (nSPS) is 27.9. The van der Waals surface area contributed by atoms with Gasteiger partial charge in [0.25, 0.3) is 0 Å². The van der Waals surface area contributed by atoms with E-state index in [1.807, 2.05) is 11.3 Å². The summed E-state index contributed by atoms with van der Waals surface area (Å²) in [6.07, 6.45) is 6.90. The number of piperidine rings is 1. The fraction of sp³-hybridized carbons (Fsp3) is 0.750. The minimum absolute atomic E-state index is 0.525. The topological polar surface area (TPSA) is 15.3 Å². The molecule has 2 heterocycles. The van der Waals surface area contributed by atoms with Gasteiger partial charge < -0.3 is 5.32 Å². The lowest BCUT2D eigenvalue weighted by Gasteiger charge is -2.41. The Kier molecular flexibility index (Phi) is 4.25. The fourth-order valence-electron chi connectivity index (χ4n) is 3.38. The van der Waals surface area contributed by atoms with Crippen molar-refractivity contribution in [3.05, 3.63) is 22.4 Å². The molecule has 0 bridgehead atoms. The zero-order valence-electron chi connectivity index (χ0n) is 12.0. The van der Waals surface area contributed by atoms with E-state index in [0.29, 0.717) is 5.41 Å². The van der Waals surface area contributed by atoms with Crippen LogP contribution in [0.2, 0.25) is 0 Å². The zero-order chi connectivity index (χ0) is 13.1. The second-order valence-electron chi connectivity index (χ2n) is 6.40. The molecule has 2 fully saturated rings. The van der Waals surface area contributed by atoms with E-state index >= 15 is 0 Å². The molecule has 1 aromatic heterocycles. The van der Waals surface area contributed by atoms with Crippen molar-refractivity contribution in [1.29, 1.82) is 0 Å². The zero-order valence-corrected chi connectivity index (χ0v) is 12.8. The lowest BCUT2D eigenvalue weighted by atomic mass is 9.77. The van der Waals surface area contributed by atoms with E-state index in [-0.39, 0.29) is 0 Å². The van der Waals surface area contributed by atoms with Crippen LogP contribution in [0.4, 0.5) is 0 Å². The molecule has 19 heavy (non-hydrogen) atoms. The summed E-state index contributed by atoms with van der Waals surface area (Å²) in [7, 11) is 0. The lowest BCUT2D eigenvalue weighted by Crippen LogP contribution is -2.47. The van der Waals surface area contributed by atoms with Crippen LogP contribution >= 0.6 is 11.3 Å². The molecule has 1 aliphatic carbocycles. The van der Waals surface area contributed by atoms with Crippen molar-refractivity contribution < 1.29 is 0 Å². The van der Waals surface area contributed by atoms with Gasteiger partial charge in [0.15, 0.2) is 0 Å². The van der Waals surface area contributed by atoms with Gasteiger partial charge in [-0.25, -0.2) is 0 Å². The number of nitrogens with zero attached hydrogens (tertiary/aromatic N) is 1. The van der Waals surface area contributed by atoms with E-state index in [9.17, 15) is 0 Å². The van der Waals surface area contributed by atoms with Crippen LogP contribution in [-0.4, -0.2) is 30.6 Å². The molecule has 1 aliphatic heterocycles. The predicted molar refractivity (Wildman–Crippen MR) is 82.6 cm³/mol. The van der Waals surface area contributed by atoms with E-state index in [1.165, 1.54) is 57.3 Å². The highest BCUT2D eigenvalue weighted by atomic mass is 32.1. The van der Waals surface area contributed by atoms with Crippen LogP contribution in [0.3, 0.4) is 0 Å². The molecule has 0 amide bonds. The molecular formula is C16H26N2S. The highest BCUT2D eigenvalue weighted by Gasteiger charge is 2.37. The largest absolute Gasteiger partial charge is 0.316 e. The van der Waals surface area contributed by atoms with Crippen molar-refractivity contribution in [3.8, 4) is 0 Å². The molecule has 0 radical (unpaired) electrons. The van der Waals surface area contributed by atoms with Crippen LogP contribution < -0.4 is 5.32 Å². The van der Waals surface area contributed by atoms with Crippen LogP contribution in [-0.2, 0) is 6.54 Å².